The third-order valence-corrected chi connectivity index (χ3v) is 9.37. The first-order valence-corrected chi connectivity index (χ1v) is 12.0. The van der Waals surface area contributed by atoms with E-state index in [1.807, 2.05) is 6.92 Å². The van der Waals surface area contributed by atoms with Gasteiger partial charge in [-0.05, 0) is 26.2 Å². The highest BCUT2D eigenvalue weighted by molar-refractivity contribution is 7.93. The van der Waals surface area contributed by atoms with Gasteiger partial charge in [-0.15, -0.1) is 0 Å². The van der Waals surface area contributed by atoms with Gasteiger partial charge in [-0.1, -0.05) is 18.0 Å². The van der Waals surface area contributed by atoms with Crippen LogP contribution in [0.2, 0.25) is 0 Å². The van der Waals surface area contributed by atoms with E-state index >= 15 is 0 Å². The van der Waals surface area contributed by atoms with Crippen LogP contribution in [0.3, 0.4) is 0 Å². The fraction of sp³-hybridized carbons (Fsp3) is 0.684. The molecule has 29 heavy (non-hydrogen) atoms. The number of likely N-dealkylation sites (tertiary alicyclic amines) is 1. The van der Waals surface area contributed by atoms with Crippen molar-refractivity contribution in [1.82, 2.24) is 24.8 Å². The van der Waals surface area contributed by atoms with Crippen LogP contribution in [0.25, 0.3) is 0 Å². The van der Waals surface area contributed by atoms with Crippen LogP contribution in [0.5, 0.6) is 0 Å². The van der Waals surface area contributed by atoms with Crippen molar-refractivity contribution in [2.75, 3.05) is 18.8 Å². The molecule has 2 aromatic rings. The number of carbonyl (C=O) groups excluding carboxylic acids is 1. The Morgan fingerprint density at radius 2 is 2.03 bits per heavy atom. The highest BCUT2D eigenvalue weighted by Gasteiger charge is 2.64. The highest BCUT2D eigenvalue weighted by atomic mass is 32.2. The molecule has 3 fully saturated rings. The van der Waals surface area contributed by atoms with Gasteiger partial charge in [0.2, 0.25) is 5.89 Å². The summed E-state index contributed by atoms with van der Waals surface area (Å²) >= 11 is 0. The quantitative estimate of drug-likeness (QED) is 0.742. The zero-order chi connectivity index (χ0) is 20.2. The van der Waals surface area contributed by atoms with Gasteiger partial charge in [0.05, 0.1) is 23.4 Å². The Bertz CT molecular complexity index is 1030. The van der Waals surface area contributed by atoms with Gasteiger partial charge < -0.3 is 9.42 Å². The van der Waals surface area contributed by atoms with Crippen molar-refractivity contribution in [2.45, 2.75) is 62.2 Å². The second-order valence-corrected chi connectivity index (χ2v) is 10.9. The number of hydrogen-bond acceptors (Lipinski definition) is 7. The minimum atomic E-state index is -3.35. The van der Waals surface area contributed by atoms with Crippen molar-refractivity contribution in [3.05, 3.63) is 29.7 Å². The number of rotatable bonds is 4. The van der Waals surface area contributed by atoms with Crippen LogP contribution in [-0.2, 0) is 16.4 Å². The Morgan fingerprint density at radius 3 is 2.72 bits per heavy atom. The molecule has 10 heteroatoms. The fourth-order valence-corrected chi connectivity index (χ4v) is 7.34. The van der Waals surface area contributed by atoms with Crippen LogP contribution < -0.4 is 0 Å². The van der Waals surface area contributed by atoms with E-state index in [9.17, 15) is 13.2 Å². The lowest BCUT2D eigenvalue weighted by Crippen LogP contribution is -2.67. The molecule has 156 valence electrons. The maximum atomic E-state index is 12.9. The molecule has 1 aliphatic carbocycles. The Kier molecular flexibility index (Phi) is 4.30. The predicted molar refractivity (Wildman–Crippen MR) is 103 cm³/mol. The number of aromatic nitrogens is 4. The summed E-state index contributed by atoms with van der Waals surface area (Å²) in [4.78, 5) is 18.9. The molecule has 2 aliphatic heterocycles. The van der Waals surface area contributed by atoms with Gasteiger partial charge in [0, 0.05) is 31.7 Å². The largest absolute Gasteiger partial charge is 0.339 e. The molecule has 0 bridgehead atoms. The summed E-state index contributed by atoms with van der Waals surface area (Å²) in [5.74, 6) is 0.992. The first kappa shape index (κ1) is 18.8. The Morgan fingerprint density at radius 1 is 1.28 bits per heavy atom. The minimum Gasteiger partial charge on any atom is -0.339 e. The number of carbonyl (C=O) groups is 1. The molecular formula is C19H25N5O4S. The van der Waals surface area contributed by atoms with E-state index in [-0.39, 0.29) is 30.7 Å². The molecule has 0 radical (unpaired) electrons. The summed E-state index contributed by atoms with van der Waals surface area (Å²) in [6, 6.07) is 0. The lowest BCUT2D eigenvalue weighted by molar-refractivity contribution is 0.0504. The normalized spacial score (nSPS) is 25.6. The summed E-state index contributed by atoms with van der Waals surface area (Å²) in [5.41, 5.74) is 0.481. The second-order valence-electron chi connectivity index (χ2n) is 8.44. The predicted octanol–water partition coefficient (Wildman–Crippen LogP) is 1.74. The van der Waals surface area contributed by atoms with E-state index in [1.54, 1.807) is 15.8 Å². The maximum absolute atomic E-state index is 12.9. The molecule has 1 amide bonds. The van der Waals surface area contributed by atoms with Gasteiger partial charge in [0.25, 0.3) is 5.91 Å². The maximum Gasteiger partial charge on any atom is 0.257 e. The van der Waals surface area contributed by atoms with Crippen LogP contribution in [0, 0.1) is 0 Å². The zero-order valence-corrected chi connectivity index (χ0v) is 17.3. The van der Waals surface area contributed by atoms with Crippen LogP contribution in [0.4, 0.5) is 0 Å². The second kappa shape index (κ2) is 6.65. The molecule has 2 saturated heterocycles. The summed E-state index contributed by atoms with van der Waals surface area (Å²) in [7, 11) is -3.35. The summed E-state index contributed by atoms with van der Waals surface area (Å²) < 4.78 is 32.1. The zero-order valence-electron chi connectivity index (χ0n) is 16.5. The monoisotopic (exact) mass is 419 g/mol. The van der Waals surface area contributed by atoms with Crippen molar-refractivity contribution in [2.24, 2.45) is 0 Å². The molecule has 1 unspecified atom stereocenters. The number of hydrogen-bond donors (Lipinski definition) is 0. The summed E-state index contributed by atoms with van der Waals surface area (Å²) in [6.45, 7) is 2.95. The van der Waals surface area contributed by atoms with Crippen LogP contribution in [0.15, 0.2) is 16.9 Å². The van der Waals surface area contributed by atoms with Crippen molar-refractivity contribution in [3.63, 3.8) is 0 Å². The molecule has 9 nitrogen and oxygen atoms in total. The number of sulfone groups is 1. The van der Waals surface area contributed by atoms with E-state index in [1.165, 1.54) is 19.0 Å². The van der Waals surface area contributed by atoms with E-state index in [2.05, 4.69) is 15.2 Å². The van der Waals surface area contributed by atoms with Crippen LogP contribution in [-0.4, -0.2) is 62.7 Å². The molecule has 1 saturated carbocycles. The Balaban J connectivity index is 1.37. The third-order valence-electron chi connectivity index (χ3n) is 6.81. The van der Waals surface area contributed by atoms with Crippen molar-refractivity contribution in [3.8, 4) is 0 Å². The molecule has 1 atom stereocenters. The van der Waals surface area contributed by atoms with Gasteiger partial charge in [0.1, 0.15) is 4.75 Å². The standard InChI is InChI=1S/C19H25N5O4S/c1-2-24-10-14(9-20-24)18(25)23-11-19(12-23)15(7-8-29(19,26)27)17-21-16(22-28-17)13-5-3-4-6-13/h9-10,13,15H,2-8,11-12H2,1H3. The highest BCUT2D eigenvalue weighted by Crippen LogP contribution is 2.50. The number of amides is 1. The van der Waals surface area contributed by atoms with E-state index < -0.39 is 14.6 Å². The van der Waals surface area contributed by atoms with Crippen molar-refractivity contribution < 1.29 is 17.7 Å². The topological polar surface area (TPSA) is 111 Å². The molecular weight excluding hydrogens is 394 g/mol. The first-order chi connectivity index (χ1) is 13.9. The fourth-order valence-electron chi connectivity index (χ4n) is 5.03. The average molecular weight is 420 g/mol. The molecule has 2 aromatic heterocycles. The number of aryl methyl sites for hydroxylation is 1. The van der Waals surface area contributed by atoms with E-state index in [4.69, 9.17) is 4.52 Å². The van der Waals surface area contributed by atoms with Crippen molar-refractivity contribution >= 4 is 15.7 Å². The molecule has 1 spiro atoms. The van der Waals surface area contributed by atoms with Gasteiger partial charge in [-0.3, -0.25) is 9.48 Å². The van der Waals surface area contributed by atoms with Crippen molar-refractivity contribution in [1.29, 1.82) is 0 Å². The Hall–Kier alpha value is -2.23. The first-order valence-electron chi connectivity index (χ1n) is 10.3. The van der Waals surface area contributed by atoms with Gasteiger partial charge in [-0.25, -0.2) is 8.42 Å². The summed E-state index contributed by atoms with van der Waals surface area (Å²) in [5, 5.41) is 8.29. The molecule has 0 N–H and O–H groups in total. The summed E-state index contributed by atoms with van der Waals surface area (Å²) in [6.07, 6.45) is 8.14. The third kappa shape index (κ3) is 2.83. The van der Waals surface area contributed by atoms with E-state index in [0.717, 1.165) is 12.8 Å². The lowest BCUT2D eigenvalue weighted by Gasteiger charge is -2.48. The average Bonchev–Trinajstić information content (AvgIpc) is 3.43. The molecule has 3 aliphatic rings. The van der Waals surface area contributed by atoms with Crippen LogP contribution in [0.1, 0.15) is 72.9 Å². The minimum absolute atomic E-state index is 0.0919. The Labute approximate surface area is 169 Å². The molecule has 0 aromatic carbocycles. The van der Waals surface area contributed by atoms with E-state index in [0.29, 0.717) is 36.2 Å². The van der Waals surface area contributed by atoms with Crippen LogP contribution >= 0.6 is 0 Å². The molecule has 4 heterocycles. The molecule has 5 rings (SSSR count). The van der Waals surface area contributed by atoms with Gasteiger partial charge in [-0.2, -0.15) is 10.1 Å². The SMILES string of the molecule is CCn1cc(C(=O)N2CC3(C2)C(c2nc(C4CCCC4)no2)CCS3(=O)=O)cn1. The van der Waals surface area contributed by atoms with Gasteiger partial charge >= 0.3 is 0 Å². The smallest absolute Gasteiger partial charge is 0.257 e. The number of nitrogens with zero attached hydrogens (tertiary/aromatic N) is 5. The lowest BCUT2D eigenvalue weighted by atomic mass is 9.82. The van der Waals surface area contributed by atoms with Gasteiger partial charge in [0.15, 0.2) is 15.7 Å².